The number of likely N-dealkylation sites (tertiary alicyclic amines) is 1. The van der Waals surface area contributed by atoms with Crippen LogP contribution >= 0.6 is 0 Å². The Morgan fingerprint density at radius 2 is 1.83 bits per heavy atom. The second-order valence-electron chi connectivity index (χ2n) is 7.39. The molecule has 0 atom stereocenters. The lowest BCUT2D eigenvalue weighted by atomic mass is 9.88. The highest BCUT2D eigenvalue weighted by molar-refractivity contribution is 7.81. The Morgan fingerprint density at radius 3 is 2.52 bits per heavy atom. The molecule has 4 rings (SSSR count). The highest BCUT2D eigenvalue weighted by Crippen LogP contribution is 2.38. The van der Waals surface area contributed by atoms with Crippen molar-refractivity contribution in [3.8, 4) is 12.1 Å². The molecule has 1 aromatic carbocycles. The molecular formula is C21H21N3O4S. The van der Waals surface area contributed by atoms with Crippen LogP contribution in [0.3, 0.4) is 0 Å². The van der Waals surface area contributed by atoms with E-state index < -0.39 is 10.4 Å². The lowest BCUT2D eigenvalue weighted by Gasteiger charge is -2.26. The van der Waals surface area contributed by atoms with E-state index in [-0.39, 0.29) is 5.88 Å². The molecule has 1 fully saturated rings. The smallest absolute Gasteiger partial charge is 0.341 e. The molecule has 7 nitrogen and oxygen atoms in total. The Morgan fingerprint density at radius 1 is 1.10 bits per heavy atom. The van der Waals surface area contributed by atoms with Crippen LogP contribution in [-0.4, -0.2) is 35.9 Å². The van der Waals surface area contributed by atoms with Crippen molar-refractivity contribution in [1.29, 1.82) is 5.26 Å². The van der Waals surface area contributed by atoms with Gasteiger partial charge in [-0.05, 0) is 49.3 Å². The van der Waals surface area contributed by atoms with Crippen molar-refractivity contribution < 1.29 is 17.2 Å². The van der Waals surface area contributed by atoms with Crippen LogP contribution in [0.25, 0.3) is 5.57 Å². The Balaban J connectivity index is 1.90. The fraction of sp³-hybridized carbons (Fsp3) is 0.333. The third kappa shape index (κ3) is 4.11. The van der Waals surface area contributed by atoms with Gasteiger partial charge in [-0.15, -0.1) is 0 Å². The average molecular weight is 411 g/mol. The lowest BCUT2D eigenvalue weighted by Crippen LogP contribution is -2.26. The van der Waals surface area contributed by atoms with Gasteiger partial charge in [-0.1, -0.05) is 35.4 Å². The highest BCUT2D eigenvalue weighted by atomic mass is 32.3. The summed E-state index contributed by atoms with van der Waals surface area (Å²) in [5.41, 5.74) is 7.38. The van der Waals surface area contributed by atoms with E-state index in [9.17, 15) is 13.7 Å². The second kappa shape index (κ2) is 7.50. The molecule has 0 radical (unpaired) electrons. The largest absolute Gasteiger partial charge is 0.447 e. The predicted molar refractivity (Wildman–Crippen MR) is 107 cm³/mol. The molecule has 0 amide bonds. The molecule has 1 saturated heterocycles. The number of benzene rings is 1. The molecule has 2 heterocycles. The van der Waals surface area contributed by atoms with Crippen molar-refractivity contribution in [1.82, 2.24) is 9.88 Å². The summed E-state index contributed by atoms with van der Waals surface area (Å²) in [5.74, 6) is -0.158. The molecule has 1 aliphatic heterocycles. The summed E-state index contributed by atoms with van der Waals surface area (Å²) in [4.78, 5) is 6.22. The van der Waals surface area contributed by atoms with Gasteiger partial charge in [-0.3, -0.25) is 4.55 Å². The van der Waals surface area contributed by atoms with E-state index in [1.807, 2.05) is 6.07 Å². The topological polar surface area (TPSA) is 104 Å². The number of hydrogen-bond acceptors (Lipinski definition) is 6. The fourth-order valence-electron chi connectivity index (χ4n) is 4.10. The SMILES string of the molecule is Cc1ccc2c(c1)CCc1ccc(OS(=O)(=O)O)nc1C2=C1CCN(C#N)CC1. The zero-order valence-electron chi connectivity index (χ0n) is 16.1. The molecule has 2 aromatic rings. The van der Waals surface area contributed by atoms with Crippen LogP contribution in [0.2, 0.25) is 0 Å². The molecule has 0 bridgehead atoms. The molecule has 0 spiro atoms. The Bertz CT molecular complexity index is 1140. The number of nitriles is 1. The van der Waals surface area contributed by atoms with Gasteiger partial charge in [0.1, 0.15) is 0 Å². The van der Waals surface area contributed by atoms with Crippen molar-refractivity contribution in [3.63, 3.8) is 0 Å². The van der Waals surface area contributed by atoms with Gasteiger partial charge in [0.15, 0.2) is 6.19 Å². The predicted octanol–water partition coefficient (Wildman–Crippen LogP) is 3.05. The molecule has 8 heteroatoms. The minimum Gasteiger partial charge on any atom is -0.341 e. The normalized spacial score (nSPS) is 16.5. The minimum absolute atomic E-state index is 0.158. The number of rotatable bonds is 2. The van der Waals surface area contributed by atoms with Crippen molar-refractivity contribution in [2.24, 2.45) is 0 Å². The van der Waals surface area contributed by atoms with Crippen LogP contribution in [0.15, 0.2) is 35.9 Å². The maximum atomic E-state index is 11.2. The van der Waals surface area contributed by atoms with Crippen LogP contribution in [0.4, 0.5) is 0 Å². The molecular weight excluding hydrogens is 390 g/mol. The van der Waals surface area contributed by atoms with E-state index in [0.717, 1.165) is 42.4 Å². The number of fused-ring (bicyclic) bond motifs is 2. The zero-order valence-corrected chi connectivity index (χ0v) is 16.9. The van der Waals surface area contributed by atoms with E-state index >= 15 is 0 Å². The maximum Gasteiger partial charge on any atom is 0.447 e. The van der Waals surface area contributed by atoms with Gasteiger partial charge in [0.2, 0.25) is 5.88 Å². The van der Waals surface area contributed by atoms with Gasteiger partial charge in [0, 0.05) is 24.7 Å². The molecule has 0 saturated carbocycles. The molecule has 150 valence electrons. The van der Waals surface area contributed by atoms with Crippen LogP contribution in [0.1, 0.15) is 40.8 Å². The van der Waals surface area contributed by atoms with E-state index in [1.54, 1.807) is 4.90 Å². The summed E-state index contributed by atoms with van der Waals surface area (Å²) < 4.78 is 36.0. The Hall–Kier alpha value is -2.89. The Labute approximate surface area is 170 Å². The molecule has 1 N–H and O–H groups in total. The van der Waals surface area contributed by atoms with Gasteiger partial charge in [-0.25, -0.2) is 4.98 Å². The molecule has 1 aliphatic carbocycles. The number of hydrogen-bond donors (Lipinski definition) is 1. The van der Waals surface area contributed by atoms with Gasteiger partial charge in [0.05, 0.1) is 5.69 Å². The first-order chi connectivity index (χ1) is 13.8. The number of piperidine rings is 1. The maximum absolute atomic E-state index is 11.2. The van der Waals surface area contributed by atoms with Gasteiger partial charge in [-0.2, -0.15) is 13.7 Å². The summed E-state index contributed by atoms with van der Waals surface area (Å²) >= 11 is 0. The van der Waals surface area contributed by atoms with Crippen molar-refractivity contribution in [2.45, 2.75) is 32.6 Å². The lowest BCUT2D eigenvalue weighted by molar-refractivity contribution is 0.365. The summed E-state index contributed by atoms with van der Waals surface area (Å²) in [6, 6.07) is 9.62. The summed E-state index contributed by atoms with van der Waals surface area (Å²) in [6.45, 7) is 3.35. The standard InChI is InChI=1S/C21H21N3O4S/c1-14-2-6-18-17(12-14)4-3-16-5-7-19(28-29(25,26)27)23-21(16)20(18)15-8-10-24(13-22)11-9-15/h2,5-7,12H,3-4,8-11H2,1H3,(H,25,26,27). The van der Waals surface area contributed by atoms with Crippen LogP contribution in [-0.2, 0) is 23.2 Å². The number of aromatic nitrogens is 1. The van der Waals surface area contributed by atoms with Gasteiger partial charge < -0.3 is 9.08 Å². The van der Waals surface area contributed by atoms with Gasteiger partial charge in [0.25, 0.3) is 0 Å². The van der Waals surface area contributed by atoms with Crippen molar-refractivity contribution in [3.05, 3.63) is 63.9 Å². The summed E-state index contributed by atoms with van der Waals surface area (Å²) in [5, 5.41) is 9.17. The zero-order chi connectivity index (χ0) is 20.6. The monoisotopic (exact) mass is 411 g/mol. The Kier molecular flexibility index (Phi) is 5.03. The van der Waals surface area contributed by atoms with Crippen LogP contribution < -0.4 is 4.18 Å². The van der Waals surface area contributed by atoms with E-state index in [4.69, 9.17) is 4.55 Å². The summed E-state index contributed by atoms with van der Waals surface area (Å²) in [6.07, 6.45) is 5.30. The quantitative estimate of drug-likeness (QED) is 0.598. The van der Waals surface area contributed by atoms with Crippen LogP contribution in [0.5, 0.6) is 5.88 Å². The van der Waals surface area contributed by atoms with Crippen molar-refractivity contribution in [2.75, 3.05) is 13.1 Å². The average Bonchev–Trinajstić information content (AvgIpc) is 2.83. The minimum atomic E-state index is -4.65. The fourth-order valence-corrected chi connectivity index (χ4v) is 4.41. The molecule has 2 aliphatic rings. The number of pyridine rings is 1. The van der Waals surface area contributed by atoms with Gasteiger partial charge >= 0.3 is 10.4 Å². The van der Waals surface area contributed by atoms with E-state index in [1.165, 1.54) is 22.8 Å². The molecule has 1 aromatic heterocycles. The van der Waals surface area contributed by atoms with E-state index in [0.29, 0.717) is 18.8 Å². The molecule has 0 unspecified atom stereocenters. The van der Waals surface area contributed by atoms with Crippen LogP contribution in [0, 0.1) is 18.4 Å². The first-order valence-corrected chi connectivity index (χ1v) is 10.8. The number of aryl methyl sites for hydroxylation is 3. The third-order valence-electron chi connectivity index (χ3n) is 5.44. The third-order valence-corrected chi connectivity index (χ3v) is 5.82. The van der Waals surface area contributed by atoms with E-state index in [2.05, 4.69) is 40.5 Å². The second-order valence-corrected chi connectivity index (χ2v) is 8.42. The molecule has 29 heavy (non-hydrogen) atoms. The van der Waals surface area contributed by atoms with Crippen molar-refractivity contribution >= 4 is 16.0 Å². The number of nitrogens with zero attached hydrogens (tertiary/aromatic N) is 3. The first kappa shape index (κ1) is 19.4. The summed E-state index contributed by atoms with van der Waals surface area (Å²) in [7, 11) is -4.65. The highest BCUT2D eigenvalue weighted by Gasteiger charge is 2.26. The first-order valence-electron chi connectivity index (χ1n) is 9.48.